The predicted molar refractivity (Wildman–Crippen MR) is 164 cm³/mol. The summed E-state index contributed by atoms with van der Waals surface area (Å²) in [5.74, 6) is -0.216. The fraction of sp³-hybridized carbons (Fsp3) is 0.375. The second kappa shape index (κ2) is 14.7. The number of amides is 2. The number of hydrogen-bond donors (Lipinski definition) is 1. The van der Waals surface area contributed by atoms with Crippen molar-refractivity contribution in [2.75, 3.05) is 31.6 Å². The molecule has 1 N–H and O–H groups in total. The number of nitrogens with zero attached hydrogens (tertiary/aromatic N) is 2. The summed E-state index contributed by atoms with van der Waals surface area (Å²) < 4.78 is 40.2. The number of carbonyl (C=O) groups is 2. The Morgan fingerprint density at radius 2 is 1.64 bits per heavy atom. The van der Waals surface area contributed by atoms with Crippen LogP contribution in [-0.4, -0.2) is 58.5 Å². The summed E-state index contributed by atoms with van der Waals surface area (Å²) in [5, 5.41) is 2.90. The van der Waals surface area contributed by atoms with Gasteiger partial charge in [-0.3, -0.25) is 13.9 Å². The van der Waals surface area contributed by atoms with Crippen LogP contribution in [0.1, 0.15) is 43.4 Å². The maximum absolute atomic E-state index is 14.2. The molecule has 0 saturated heterocycles. The Hall–Kier alpha value is -4.05. The van der Waals surface area contributed by atoms with Crippen LogP contribution in [-0.2, 0) is 26.2 Å². The van der Waals surface area contributed by atoms with Crippen molar-refractivity contribution in [3.8, 4) is 11.5 Å². The van der Waals surface area contributed by atoms with Gasteiger partial charge >= 0.3 is 0 Å². The minimum atomic E-state index is -4.25. The van der Waals surface area contributed by atoms with Gasteiger partial charge in [0.2, 0.25) is 11.8 Å². The van der Waals surface area contributed by atoms with Crippen LogP contribution in [0.2, 0.25) is 0 Å². The van der Waals surface area contributed by atoms with Crippen molar-refractivity contribution in [2.45, 2.75) is 58.0 Å². The number of unbranched alkanes of at least 4 members (excludes halogenated alkanes) is 1. The minimum absolute atomic E-state index is 0.0154. The summed E-state index contributed by atoms with van der Waals surface area (Å²) in [6, 6.07) is 17.9. The van der Waals surface area contributed by atoms with E-state index in [1.807, 2.05) is 45.0 Å². The molecule has 9 nitrogen and oxygen atoms in total. The van der Waals surface area contributed by atoms with Crippen molar-refractivity contribution in [3.05, 3.63) is 83.4 Å². The summed E-state index contributed by atoms with van der Waals surface area (Å²) in [7, 11) is -1.35. The van der Waals surface area contributed by atoms with E-state index in [1.54, 1.807) is 31.2 Å². The Morgan fingerprint density at radius 3 is 2.26 bits per heavy atom. The Morgan fingerprint density at radius 1 is 0.952 bits per heavy atom. The molecule has 226 valence electrons. The number of benzene rings is 3. The topological polar surface area (TPSA) is 105 Å². The largest absolute Gasteiger partial charge is 0.497 e. The third-order valence-electron chi connectivity index (χ3n) is 7.14. The molecule has 0 spiro atoms. The molecule has 0 radical (unpaired) electrons. The molecule has 0 aliphatic carbocycles. The Bertz CT molecular complexity index is 1470. The summed E-state index contributed by atoms with van der Waals surface area (Å²) in [5.41, 5.74) is 2.84. The average Bonchev–Trinajstić information content (AvgIpc) is 2.98. The van der Waals surface area contributed by atoms with Crippen LogP contribution >= 0.6 is 0 Å². The van der Waals surface area contributed by atoms with Crippen LogP contribution in [0.25, 0.3) is 0 Å². The third kappa shape index (κ3) is 7.82. The van der Waals surface area contributed by atoms with Gasteiger partial charge in [0.05, 0.1) is 24.8 Å². The smallest absolute Gasteiger partial charge is 0.264 e. The molecule has 3 aromatic carbocycles. The fourth-order valence-corrected chi connectivity index (χ4v) is 5.85. The maximum atomic E-state index is 14.2. The van der Waals surface area contributed by atoms with E-state index in [9.17, 15) is 18.0 Å². The molecule has 0 aliphatic rings. The SMILES string of the molecule is CCCCNC(=O)[C@@H](C)N(Cc1ccccc1C)C(=O)CN(c1cc(OC)ccc1OC)S(=O)(=O)c1ccc(C)cc1. The molecule has 2 amide bonds. The lowest BCUT2D eigenvalue weighted by molar-refractivity contribution is -0.139. The molecule has 3 rings (SSSR count). The number of ether oxygens (including phenoxy) is 2. The fourth-order valence-electron chi connectivity index (χ4n) is 4.43. The summed E-state index contributed by atoms with van der Waals surface area (Å²) in [4.78, 5) is 28.8. The standard InChI is InChI=1S/C32H41N3O6S/c1-7-8-19-33-32(37)25(4)34(21-26-12-10-9-11-24(26)3)31(36)22-35(29-20-27(40-5)15-18-30(29)41-6)42(38,39)28-16-13-23(2)14-17-28/h9-18,20,25H,7-8,19,21-22H2,1-6H3,(H,33,37)/t25-/m1/s1. The van der Waals surface area contributed by atoms with Crippen LogP contribution in [0.3, 0.4) is 0 Å². The quantitative estimate of drug-likeness (QED) is 0.267. The van der Waals surface area contributed by atoms with Gasteiger partial charge in [-0.2, -0.15) is 0 Å². The number of methoxy groups -OCH3 is 2. The zero-order valence-corrected chi connectivity index (χ0v) is 26.0. The van der Waals surface area contributed by atoms with Crippen LogP contribution in [0, 0.1) is 13.8 Å². The number of rotatable bonds is 14. The molecule has 42 heavy (non-hydrogen) atoms. The molecule has 0 bridgehead atoms. The van der Waals surface area contributed by atoms with E-state index < -0.39 is 28.5 Å². The van der Waals surface area contributed by atoms with Gasteiger partial charge in [-0.25, -0.2) is 8.42 Å². The summed E-state index contributed by atoms with van der Waals surface area (Å²) in [6.07, 6.45) is 1.72. The zero-order valence-electron chi connectivity index (χ0n) is 25.2. The molecular weight excluding hydrogens is 554 g/mol. The highest BCUT2D eigenvalue weighted by atomic mass is 32.2. The molecule has 0 aromatic heterocycles. The van der Waals surface area contributed by atoms with E-state index in [1.165, 1.54) is 37.3 Å². The molecule has 1 atom stereocenters. The maximum Gasteiger partial charge on any atom is 0.264 e. The zero-order chi connectivity index (χ0) is 30.9. The first-order valence-corrected chi connectivity index (χ1v) is 15.4. The van der Waals surface area contributed by atoms with Gasteiger partial charge in [0, 0.05) is 19.2 Å². The number of hydrogen-bond acceptors (Lipinski definition) is 6. The predicted octanol–water partition coefficient (Wildman–Crippen LogP) is 4.85. The van der Waals surface area contributed by atoms with Gasteiger partial charge in [0.15, 0.2) is 0 Å². The molecule has 3 aromatic rings. The van der Waals surface area contributed by atoms with Crippen molar-refractivity contribution in [1.29, 1.82) is 0 Å². The van der Waals surface area contributed by atoms with Crippen LogP contribution in [0.5, 0.6) is 11.5 Å². The lowest BCUT2D eigenvalue weighted by atomic mass is 10.1. The highest BCUT2D eigenvalue weighted by molar-refractivity contribution is 7.92. The molecule has 0 fully saturated rings. The van der Waals surface area contributed by atoms with Gasteiger partial charge in [-0.15, -0.1) is 0 Å². The summed E-state index contributed by atoms with van der Waals surface area (Å²) >= 11 is 0. The van der Waals surface area contributed by atoms with Gasteiger partial charge < -0.3 is 19.7 Å². The lowest BCUT2D eigenvalue weighted by Gasteiger charge is -2.32. The second-order valence-corrected chi connectivity index (χ2v) is 12.0. The average molecular weight is 596 g/mol. The van der Waals surface area contributed by atoms with Gasteiger partial charge in [-0.05, 0) is 62.6 Å². The van der Waals surface area contributed by atoms with Gasteiger partial charge in [0.25, 0.3) is 10.0 Å². The van der Waals surface area contributed by atoms with Crippen molar-refractivity contribution in [3.63, 3.8) is 0 Å². The van der Waals surface area contributed by atoms with Crippen molar-refractivity contribution in [2.24, 2.45) is 0 Å². The number of anilines is 1. The molecular formula is C32H41N3O6S. The molecule has 0 aliphatic heterocycles. The number of carbonyl (C=O) groups excluding carboxylic acids is 2. The highest BCUT2D eigenvalue weighted by Gasteiger charge is 2.34. The Labute approximate surface area is 249 Å². The molecule has 0 saturated carbocycles. The van der Waals surface area contributed by atoms with Gasteiger partial charge in [-0.1, -0.05) is 55.3 Å². The van der Waals surface area contributed by atoms with E-state index in [0.717, 1.165) is 33.8 Å². The van der Waals surface area contributed by atoms with E-state index >= 15 is 0 Å². The summed E-state index contributed by atoms with van der Waals surface area (Å²) in [6.45, 7) is 7.51. The normalized spacial score (nSPS) is 11.9. The molecule has 0 unspecified atom stereocenters. The number of nitrogens with one attached hydrogen (secondary N) is 1. The van der Waals surface area contributed by atoms with Gasteiger partial charge in [0.1, 0.15) is 24.1 Å². The first-order valence-electron chi connectivity index (χ1n) is 14.0. The van der Waals surface area contributed by atoms with E-state index in [2.05, 4.69) is 5.32 Å². The molecule has 10 heteroatoms. The third-order valence-corrected chi connectivity index (χ3v) is 8.92. The van der Waals surface area contributed by atoms with E-state index in [4.69, 9.17) is 9.47 Å². The first-order chi connectivity index (χ1) is 20.0. The van der Waals surface area contributed by atoms with Crippen molar-refractivity contribution < 1.29 is 27.5 Å². The second-order valence-electron chi connectivity index (χ2n) is 10.1. The number of sulfonamides is 1. The van der Waals surface area contributed by atoms with Crippen LogP contribution in [0.15, 0.2) is 71.6 Å². The highest BCUT2D eigenvalue weighted by Crippen LogP contribution is 2.36. The molecule has 0 heterocycles. The van der Waals surface area contributed by atoms with Crippen LogP contribution in [0.4, 0.5) is 5.69 Å². The first kappa shape index (κ1) is 32.5. The van der Waals surface area contributed by atoms with Crippen molar-refractivity contribution in [1.82, 2.24) is 10.2 Å². The monoisotopic (exact) mass is 595 g/mol. The van der Waals surface area contributed by atoms with Crippen molar-refractivity contribution >= 4 is 27.5 Å². The minimum Gasteiger partial charge on any atom is -0.497 e. The Balaban J connectivity index is 2.10. The van der Waals surface area contributed by atoms with E-state index in [0.29, 0.717) is 12.3 Å². The Kier molecular flexibility index (Phi) is 11.4. The number of aryl methyl sites for hydroxylation is 2. The van der Waals surface area contributed by atoms with Crippen LogP contribution < -0.4 is 19.1 Å². The van der Waals surface area contributed by atoms with E-state index in [-0.39, 0.29) is 28.8 Å². The lowest BCUT2D eigenvalue weighted by Crippen LogP contribution is -2.51.